The number of carbonyl (C=O) groups excluding carboxylic acids is 4. The molecule has 4 amide bonds. The molecule has 1 aliphatic rings. The van der Waals surface area contributed by atoms with Gasteiger partial charge in [0, 0.05) is 48.6 Å². The Balaban J connectivity index is 0.00000769. The van der Waals surface area contributed by atoms with Gasteiger partial charge in [-0.15, -0.1) is 12.4 Å². The number of carboxylic acids is 1. The standard InChI is InChI=1S/C37H39F3N10O8.ClH/c1-57-26-14-4-21(5-15-26)19-27(46-31(54)23-8-12-25(13-9-23)45-36-47-34(58-48-36)37(38,39)40)32(55)50-18-17-49(20-29(51)52)33(56)28(50)3-2-16-43-30(53)22-6-10-24(11-7-22)44-35(41)42;/h4-15,27-28H,2-3,16-20H2,1H3,(H,43,53)(H,45,48)(H,46,54)(H,51,52)(H4,41,42,44);1H/t27-,28-;/m0./s1. The zero-order valence-electron chi connectivity index (χ0n) is 31.2. The van der Waals surface area contributed by atoms with Gasteiger partial charge in [-0.3, -0.25) is 29.4 Å². The fourth-order valence-corrected chi connectivity index (χ4v) is 6.02. The number of amides is 4. The molecule has 2 heterocycles. The van der Waals surface area contributed by atoms with Gasteiger partial charge in [-0.25, -0.2) is 0 Å². The van der Waals surface area contributed by atoms with E-state index >= 15 is 0 Å². The van der Waals surface area contributed by atoms with Gasteiger partial charge >= 0.3 is 18.0 Å². The van der Waals surface area contributed by atoms with E-state index in [-0.39, 0.29) is 68.5 Å². The molecule has 0 radical (unpaired) electrons. The molecule has 3 aromatic carbocycles. The number of alkyl halides is 3. The van der Waals surface area contributed by atoms with Crippen molar-refractivity contribution in [3.8, 4) is 5.75 Å². The topological polar surface area (TPSA) is 258 Å². The Morgan fingerprint density at radius 3 is 2.19 bits per heavy atom. The molecule has 0 aliphatic carbocycles. The Labute approximate surface area is 340 Å². The lowest BCUT2D eigenvalue weighted by Gasteiger charge is -2.41. The van der Waals surface area contributed by atoms with Crippen molar-refractivity contribution in [3.63, 3.8) is 0 Å². The zero-order valence-corrected chi connectivity index (χ0v) is 32.1. The molecule has 22 heteroatoms. The fraction of sp³-hybridized carbons (Fsp3) is 0.297. The van der Waals surface area contributed by atoms with Crippen LogP contribution < -0.4 is 31.7 Å². The van der Waals surface area contributed by atoms with Crippen molar-refractivity contribution in [1.29, 1.82) is 5.41 Å². The highest BCUT2D eigenvalue weighted by Crippen LogP contribution is 2.29. The molecule has 1 aliphatic heterocycles. The second-order valence-corrected chi connectivity index (χ2v) is 12.9. The molecular weight excluding hydrogens is 805 g/mol. The number of nitrogens with two attached hydrogens (primary N) is 1. The minimum atomic E-state index is -4.84. The lowest BCUT2D eigenvalue weighted by Crippen LogP contribution is -2.63. The van der Waals surface area contributed by atoms with Crippen LogP contribution in [-0.4, -0.2) is 106 Å². The van der Waals surface area contributed by atoms with Gasteiger partial charge in [0.2, 0.25) is 11.8 Å². The van der Waals surface area contributed by atoms with Crippen LogP contribution in [0.3, 0.4) is 0 Å². The van der Waals surface area contributed by atoms with Crippen LogP contribution in [0.2, 0.25) is 0 Å². The van der Waals surface area contributed by atoms with E-state index in [1.165, 1.54) is 48.4 Å². The Hall–Kier alpha value is -6.90. The van der Waals surface area contributed by atoms with E-state index in [2.05, 4.69) is 35.9 Å². The number of aromatic nitrogens is 2. The molecule has 0 spiro atoms. The van der Waals surface area contributed by atoms with Gasteiger partial charge in [-0.05, 0) is 84.2 Å². The number of hydrogen-bond acceptors (Lipinski definition) is 11. The number of guanidine groups is 1. The van der Waals surface area contributed by atoms with Crippen LogP contribution in [0.25, 0.3) is 0 Å². The number of carbonyl (C=O) groups is 5. The highest BCUT2D eigenvalue weighted by atomic mass is 35.5. The van der Waals surface area contributed by atoms with Gasteiger partial charge in [-0.2, -0.15) is 18.2 Å². The van der Waals surface area contributed by atoms with Crippen LogP contribution in [0, 0.1) is 5.41 Å². The van der Waals surface area contributed by atoms with E-state index in [1.54, 1.807) is 36.4 Å². The summed E-state index contributed by atoms with van der Waals surface area (Å²) < 4.78 is 48.0. The summed E-state index contributed by atoms with van der Waals surface area (Å²) in [5, 5.41) is 30.7. The summed E-state index contributed by atoms with van der Waals surface area (Å²) in [5.74, 6) is -5.27. The second kappa shape index (κ2) is 20.0. The van der Waals surface area contributed by atoms with E-state index < -0.39 is 66.2 Å². The molecule has 0 unspecified atom stereocenters. The smallest absolute Gasteiger partial charge is 0.471 e. The number of methoxy groups -OCH3 is 1. The summed E-state index contributed by atoms with van der Waals surface area (Å²) >= 11 is 0. The van der Waals surface area contributed by atoms with Gasteiger partial charge in [0.1, 0.15) is 24.4 Å². The predicted octanol–water partition coefficient (Wildman–Crippen LogP) is 3.24. The second-order valence-electron chi connectivity index (χ2n) is 12.9. The number of benzene rings is 3. The molecule has 1 fully saturated rings. The van der Waals surface area contributed by atoms with Crippen molar-refractivity contribution < 1.29 is 51.5 Å². The molecule has 1 aromatic heterocycles. The minimum Gasteiger partial charge on any atom is -0.497 e. The number of ether oxygens (including phenoxy) is 1. The Morgan fingerprint density at radius 1 is 0.983 bits per heavy atom. The van der Waals surface area contributed by atoms with Crippen molar-refractivity contribution in [1.82, 2.24) is 30.6 Å². The van der Waals surface area contributed by atoms with Crippen molar-refractivity contribution >= 4 is 65.3 Å². The van der Waals surface area contributed by atoms with E-state index in [0.717, 1.165) is 4.90 Å². The summed E-state index contributed by atoms with van der Waals surface area (Å²) in [4.78, 5) is 71.8. The maximum atomic E-state index is 14.4. The maximum absolute atomic E-state index is 14.4. The number of rotatable bonds is 16. The number of aliphatic carboxylic acids is 1. The monoisotopic (exact) mass is 844 g/mol. The van der Waals surface area contributed by atoms with E-state index in [1.807, 2.05) is 0 Å². The molecule has 4 aromatic rings. The number of anilines is 3. The summed E-state index contributed by atoms with van der Waals surface area (Å²) in [7, 11) is 1.49. The Morgan fingerprint density at radius 2 is 1.61 bits per heavy atom. The first-order valence-corrected chi connectivity index (χ1v) is 17.6. The van der Waals surface area contributed by atoms with Crippen molar-refractivity contribution in [2.75, 3.05) is 43.9 Å². The summed E-state index contributed by atoms with van der Waals surface area (Å²) in [6.45, 7) is -0.613. The lowest BCUT2D eigenvalue weighted by molar-refractivity contribution is -0.159. The summed E-state index contributed by atoms with van der Waals surface area (Å²) in [5.41, 5.74) is 7.12. The number of nitrogens with one attached hydrogen (secondary N) is 5. The minimum absolute atomic E-state index is 0. The van der Waals surface area contributed by atoms with Gasteiger partial charge < -0.3 is 51.2 Å². The number of halogens is 4. The van der Waals surface area contributed by atoms with Crippen molar-refractivity contribution in [2.24, 2.45) is 5.73 Å². The lowest BCUT2D eigenvalue weighted by atomic mass is 9.99. The molecular formula is C37H40ClF3N10O8. The molecule has 2 atom stereocenters. The molecule has 8 N–H and O–H groups in total. The first kappa shape index (κ1) is 44.8. The highest BCUT2D eigenvalue weighted by molar-refractivity contribution is 5.99. The maximum Gasteiger partial charge on any atom is 0.471 e. The Kier molecular flexibility index (Phi) is 15.2. The summed E-state index contributed by atoms with van der Waals surface area (Å²) in [6, 6.07) is 16.1. The van der Waals surface area contributed by atoms with Crippen molar-refractivity contribution in [3.05, 3.63) is 95.4 Å². The van der Waals surface area contributed by atoms with E-state index in [4.69, 9.17) is 15.9 Å². The van der Waals surface area contributed by atoms with Gasteiger partial charge in [0.05, 0.1) is 7.11 Å². The molecule has 5 rings (SSSR count). The van der Waals surface area contributed by atoms with Gasteiger partial charge in [0.15, 0.2) is 5.96 Å². The first-order valence-electron chi connectivity index (χ1n) is 17.6. The first-order chi connectivity index (χ1) is 27.6. The van der Waals surface area contributed by atoms with Crippen LogP contribution in [0.15, 0.2) is 77.3 Å². The largest absolute Gasteiger partial charge is 0.497 e. The predicted molar refractivity (Wildman–Crippen MR) is 207 cm³/mol. The van der Waals surface area contributed by atoms with E-state index in [0.29, 0.717) is 22.6 Å². The number of piperazine rings is 1. The zero-order chi connectivity index (χ0) is 42.0. The van der Waals surface area contributed by atoms with Crippen LogP contribution in [0.5, 0.6) is 5.75 Å². The van der Waals surface area contributed by atoms with Crippen LogP contribution in [0.4, 0.5) is 30.5 Å². The molecule has 0 bridgehead atoms. The number of carboxylic acid groups (broad SMARTS) is 1. The van der Waals surface area contributed by atoms with Gasteiger partial charge in [-0.1, -0.05) is 12.1 Å². The Bertz CT molecular complexity index is 2120. The van der Waals surface area contributed by atoms with Crippen LogP contribution in [-0.2, 0) is 27.0 Å². The molecule has 0 saturated carbocycles. The number of hydrogen-bond donors (Lipinski definition) is 7. The van der Waals surface area contributed by atoms with Gasteiger partial charge in [0.25, 0.3) is 17.8 Å². The third kappa shape index (κ3) is 12.3. The van der Waals surface area contributed by atoms with E-state index in [9.17, 15) is 42.3 Å². The quantitative estimate of drug-likeness (QED) is 0.0486. The highest BCUT2D eigenvalue weighted by Gasteiger charge is 2.41. The molecule has 18 nitrogen and oxygen atoms in total. The normalized spacial score (nSPS) is 14.4. The van der Waals surface area contributed by atoms with Crippen molar-refractivity contribution in [2.45, 2.75) is 37.5 Å². The third-order valence-electron chi connectivity index (χ3n) is 8.83. The average Bonchev–Trinajstić information content (AvgIpc) is 3.67. The third-order valence-corrected chi connectivity index (χ3v) is 8.83. The summed E-state index contributed by atoms with van der Waals surface area (Å²) in [6.07, 6.45) is -4.59. The fourth-order valence-electron chi connectivity index (χ4n) is 6.02. The van der Waals surface area contributed by atoms with Crippen LogP contribution in [0.1, 0.15) is 45.0 Å². The molecule has 1 saturated heterocycles. The molecule has 314 valence electrons. The van der Waals surface area contributed by atoms with Crippen LogP contribution >= 0.6 is 12.4 Å². The SMILES string of the molecule is COc1ccc(C[C@H](NC(=O)c2ccc(Nc3noc(C(F)(F)F)n3)cc2)C(=O)N2CCN(CC(=O)O)C(=O)[C@@H]2CCCNC(=O)c2ccc(NC(=N)N)cc2)cc1.Cl. The molecule has 59 heavy (non-hydrogen) atoms. The average molecular weight is 845 g/mol. The number of nitrogens with zero attached hydrogens (tertiary/aromatic N) is 4.